The van der Waals surface area contributed by atoms with Crippen molar-refractivity contribution in [3.63, 3.8) is 0 Å². The fraction of sp³-hybridized carbons (Fsp3) is 0.625. The molecule has 0 saturated carbocycles. The van der Waals surface area contributed by atoms with Gasteiger partial charge in [-0.15, -0.1) is 0 Å². The Morgan fingerprint density at radius 1 is 0.875 bits per heavy atom. The molecule has 0 amide bonds. The van der Waals surface area contributed by atoms with E-state index in [1.807, 2.05) is 26.8 Å². The van der Waals surface area contributed by atoms with Crippen LogP contribution >= 0.6 is 0 Å². The predicted molar refractivity (Wildman–Crippen MR) is 219 cm³/mol. The van der Waals surface area contributed by atoms with Crippen molar-refractivity contribution in [1.29, 1.82) is 0 Å². The monoisotopic (exact) mass is 655 g/mol. The van der Waals surface area contributed by atoms with Crippen LogP contribution in [-0.2, 0) is 19.3 Å². The molecule has 3 atom stereocenters. The van der Waals surface area contributed by atoms with Crippen LogP contribution in [-0.4, -0.2) is 0 Å². The van der Waals surface area contributed by atoms with Crippen LogP contribution in [0.25, 0.3) is 0 Å². The molecular formula is C48H78. The van der Waals surface area contributed by atoms with E-state index in [1.165, 1.54) is 100 Å². The van der Waals surface area contributed by atoms with Gasteiger partial charge < -0.3 is 0 Å². The van der Waals surface area contributed by atoms with Gasteiger partial charge in [-0.25, -0.2) is 0 Å². The molecule has 0 aliphatic heterocycles. The molecular weight excluding hydrogens is 577 g/mol. The first-order valence-electron chi connectivity index (χ1n) is 20.1. The van der Waals surface area contributed by atoms with E-state index < -0.39 is 0 Å². The summed E-state index contributed by atoms with van der Waals surface area (Å²) in [7, 11) is 0. The van der Waals surface area contributed by atoms with Gasteiger partial charge in [-0.1, -0.05) is 185 Å². The first-order valence-corrected chi connectivity index (χ1v) is 20.1. The maximum absolute atomic E-state index is 4.67. The molecule has 0 heterocycles. The Labute approximate surface area is 301 Å². The zero-order chi connectivity index (χ0) is 36.0. The first-order chi connectivity index (χ1) is 23.0. The fourth-order valence-corrected chi connectivity index (χ4v) is 7.35. The summed E-state index contributed by atoms with van der Waals surface area (Å²) in [5.41, 5.74) is 11.0. The Balaban J connectivity index is 0.000000808. The molecule has 0 nitrogen and oxygen atoms in total. The third-order valence-corrected chi connectivity index (χ3v) is 10.3. The summed E-state index contributed by atoms with van der Waals surface area (Å²) in [5.74, 6) is 1.83. The molecule has 1 aliphatic carbocycles. The van der Waals surface area contributed by atoms with Crippen molar-refractivity contribution >= 4 is 0 Å². The molecule has 3 unspecified atom stereocenters. The molecule has 0 aromatic heterocycles. The summed E-state index contributed by atoms with van der Waals surface area (Å²) in [6.45, 7) is 29.8. The van der Waals surface area contributed by atoms with Crippen LogP contribution in [0.2, 0.25) is 0 Å². The quantitative estimate of drug-likeness (QED) is 0.118. The van der Waals surface area contributed by atoms with Crippen molar-refractivity contribution in [3.05, 3.63) is 106 Å². The Morgan fingerprint density at radius 2 is 1.50 bits per heavy atom. The van der Waals surface area contributed by atoms with Gasteiger partial charge in [-0.3, -0.25) is 0 Å². The van der Waals surface area contributed by atoms with Gasteiger partial charge in [0.2, 0.25) is 0 Å². The lowest BCUT2D eigenvalue weighted by molar-refractivity contribution is 0.197. The van der Waals surface area contributed by atoms with E-state index in [1.54, 1.807) is 22.3 Å². The summed E-state index contributed by atoms with van der Waals surface area (Å²) < 4.78 is 0. The van der Waals surface area contributed by atoms with Crippen LogP contribution in [0.3, 0.4) is 0 Å². The van der Waals surface area contributed by atoms with E-state index in [0.717, 1.165) is 12.8 Å². The maximum atomic E-state index is 4.67. The third-order valence-electron chi connectivity index (χ3n) is 10.3. The number of hydrogen-bond donors (Lipinski definition) is 0. The molecule has 270 valence electrons. The molecule has 3 rings (SSSR count). The minimum atomic E-state index is 0.313. The Bertz CT molecular complexity index is 1180. The van der Waals surface area contributed by atoms with Crippen LogP contribution in [0.1, 0.15) is 180 Å². The summed E-state index contributed by atoms with van der Waals surface area (Å²) in [4.78, 5) is 0. The van der Waals surface area contributed by atoms with Crippen LogP contribution in [0, 0.1) is 24.2 Å². The first kappa shape index (κ1) is 43.7. The second kappa shape index (κ2) is 24.7. The molecule has 2 aromatic carbocycles. The van der Waals surface area contributed by atoms with Gasteiger partial charge in [0.1, 0.15) is 0 Å². The molecule has 0 heteroatoms. The zero-order valence-electron chi connectivity index (χ0n) is 33.8. The Hall–Kier alpha value is -2.34. The van der Waals surface area contributed by atoms with Crippen LogP contribution < -0.4 is 0 Å². The summed E-state index contributed by atoms with van der Waals surface area (Å²) >= 11 is 0. The average molecular weight is 655 g/mol. The normalized spacial score (nSPS) is 16.8. The summed E-state index contributed by atoms with van der Waals surface area (Å²) in [6, 6.07) is 15.6. The van der Waals surface area contributed by atoms with Crippen molar-refractivity contribution in [2.24, 2.45) is 17.3 Å². The molecule has 1 aliphatic rings. The van der Waals surface area contributed by atoms with Crippen molar-refractivity contribution in [2.45, 2.75) is 178 Å². The minimum absolute atomic E-state index is 0.313. The fourth-order valence-electron chi connectivity index (χ4n) is 7.35. The third kappa shape index (κ3) is 16.4. The van der Waals surface area contributed by atoms with E-state index in [4.69, 9.17) is 0 Å². The standard InChI is InChI=1S/C36H60.C10H12.C2H6/c1-10-12-14-15-16-18-19-28(4)29(5)25-32-26-31(20-17-13-11-2)24-30(6)35(32)33-23-27(3)21-22-34(33)36(7,8)9;1-2-3-7-10-8-5-4-6-9-10;1-2/h23-24,26,28,33-34H,5,10-22,25H2,1-4,6-9H3;2-6,8-9H,7H2,1H3;1-2H3/b;3-2-;. The van der Waals surface area contributed by atoms with Gasteiger partial charge in [0.15, 0.2) is 0 Å². The van der Waals surface area contributed by atoms with Gasteiger partial charge in [-0.2, -0.15) is 0 Å². The smallest absolute Gasteiger partial charge is 0.00594 e. The highest BCUT2D eigenvalue weighted by molar-refractivity contribution is 5.46. The van der Waals surface area contributed by atoms with E-state index in [0.29, 0.717) is 23.2 Å². The molecule has 0 N–H and O–H groups in total. The van der Waals surface area contributed by atoms with E-state index in [2.05, 4.69) is 117 Å². The van der Waals surface area contributed by atoms with Crippen molar-refractivity contribution < 1.29 is 0 Å². The number of benzene rings is 2. The zero-order valence-corrected chi connectivity index (χ0v) is 33.8. The minimum Gasteiger partial charge on any atom is -0.0993 e. The SMILES string of the molecule is C/C=C\Cc1ccccc1.C=C(Cc1cc(CCCCC)cc(C)c1C1C=C(C)CCC1C(C)(C)C)C(C)CCCCCCCC.CC. The number of rotatable bonds is 17. The molecule has 0 fully saturated rings. The largest absolute Gasteiger partial charge is 0.0993 e. The second-order valence-electron chi connectivity index (χ2n) is 15.5. The molecule has 0 saturated heterocycles. The second-order valence-corrected chi connectivity index (χ2v) is 15.5. The van der Waals surface area contributed by atoms with Gasteiger partial charge in [-0.05, 0) is 111 Å². The van der Waals surface area contributed by atoms with Gasteiger partial charge >= 0.3 is 0 Å². The lowest BCUT2D eigenvalue weighted by atomic mass is 9.64. The molecule has 2 aromatic rings. The van der Waals surface area contributed by atoms with E-state index >= 15 is 0 Å². The number of unbranched alkanes of at least 4 members (excludes halogenated alkanes) is 7. The van der Waals surface area contributed by atoms with Crippen molar-refractivity contribution in [1.82, 2.24) is 0 Å². The molecule has 0 radical (unpaired) electrons. The van der Waals surface area contributed by atoms with Crippen molar-refractivity contribution in [3.8, 4) is 0 Å². The number of aryl methyl sites for hydroxylation is 2. The lowest BCUT2D eigenvalue weighted by Gasteiger charge is -2.41. The Kier molecular flexibility index (Phi) is 22.5. The highest BCUT2D eigenvalue weighted by Gasteiger charge is 2.36. The Morgan fingerprint density at radius 3 is 2.12 bits per heavy atom. The summed E-state index contributed by atoms with van der Waals surface area (Å²) in [6.07, 6.45) is 26.2. The molecule has 0 spiro atoms. The van der Waals surface area contributed by atoms with Crippen LogP contribution in [0.15, 0.2) is 78.4 Å². The number of hydrogen-bond acceptors (Lipinski definition) is 0. The summed E-state index contributed by atoms with van der Waals surface area (Å²) in [5, 5.41) is 0. The molecule has 0 bridgehead atoms. The van der Waals surface area contributed by atoms with E-state index in [9.17, 15) is 0 Å². The van der Waals surface area contributed by atoms with Gasteiger partial charge in [0.25, 0.3) is 0 Å². The predicted octanol–water partition coefficient (Wildman–Crippen LogP) is 15.5. The van der Waals surface area contributed by atoms with Crippen LogP contribution in [0.5, 0.6) is 0 Å². The van der Waals surface area contributed by atoms with Gasteiger partial charge in [0.05, 0.1) is 0 Å². The molecule has 48 heavy (non-hydrogen) atoms. The average Bonchev–Trinajstić information content (AvgIpc) is 3.06. The highest BCUT2D eigenvalue weighted by atomic mass is 14.4. The van der Waals surface area contributed by atoms with E-state index in [-0.39, 0.29) is 0 Å². The maximum Gasteiger partial charge on any atom is 0.00594 e. The van der Waals surface area contributed by atoms with Gasteiger partial charge in [0, 0.05) is 5.92 Å². The topological polar surface area (TPSA) is 0 Å². The van der Waals surface area contributed by atoms with Crippen molar-refractivity contribution in [2.75, 3.05) is 0 Å². The van der Waals surface area contributed by atoms with Crippen LogP contribution in [0.4, 0.5) is 0 Å². The lowest BCUT2D eigenvalue weighted by Crippen LogP contribution is -2.29. The number of allylic oxidation sites excluding steroid dienone is 5. The highest BCUT2D eigenvalue weighted by Crippen LogP contribution is 2.48.